The third kappa shape index (κ3) is 6.00. The first kappa shape index (κ1) is 18.7. The average Bonchev–Trinajstić information content (AvgIpc) is 2.81. The fraction of sp³-hybridized carbons (Fsp3) is 0.727. The van der Waals surface area contributed by atoms with Crippen LogP contribution in [-0.4, -0.2) is 55.7 Å². The van der Waals surface area contributed by atoms with Crippen molar-refractivity contribution < 1.29 is 4.74 Å². The number of hydrogen-bond acceptors (Lipinski definition) is 3. The first-order chi connectivity index (χ1) is 12.2. The number of benzene rings is 1. The van der Waals surface area contributed by atoms with Gasteiger partial charge in [-0.05, 0) is 74.4 Å². The van der Waals surface area contributed by atoms with Gasteiger partial charge in [0.25, 0.3) is 0 Å². The largest absolute Gasteiger partial charge is 0.494 e. The highest BCUT2D eigenvalue weighted by Gasteiger charge is 2.15. The molecule has 3 nitrogen and oxygen atoms in total. The van der Waals surface area contributed by atoms with E-state index in [2.05, 4.69) is 41.8 Å². The molecule has 3 rings (SSSR count). The molecule has 0 aliphatic carbocycles. The maximum absolute atomic E-state index is 6.06. The molecule has 1 saturated heterocycles. The van der Waals surface area contributed by atoms with Crippen LogP contribution < -0.4 is 4.74 Å². The second kappa shape index (κ2) is 9.59. The lowest BCUT2D eigenvalue weighted by Crippen LogP contribution is -2.31. The fourth-order valence-electron chi connectivity index (χ4n) is 4.20. The molecule has 1 fully saturated rings. The molecule has 0 spiro atoms. The molecule has 0 aromatic heterocycles. The predicted molar refractivity (Wildman–Crippen MR) is 106 cm³/mol. The Morgan fingerprint density at radius 3 is 2.44 bits per heavy atom. The first-order valence-corrected chi connectivity index (χ1v) is 10.4. The number of fused-ring (bicyclic) bond motifs is 1. The van der Waals surface area contributed by atoms with Crippen molar-refractivity contribution in [2.75, 3.05) is 45.9 Å². The van der Waals surface area contributed by atoms with E-state index in [0.717, 1.165) is 31.1 Å². The minimum absolute atomic E-state index is 0.750. The zero-order valence-corrected chi connectivity index (χ0v) is 16.3. The van der Waals surface area contributed by atoms with Crippen LogP contribution in [-0.2, 0) is 12.8 Å². The van der Waals surface area contributed by atoms with Gasteiger partial charge in [0.05, 0.1) is 6.61 Å². The second-order valence-corrected chi connectivity index (χ2v) is 8.23. The van der Waals surface area contributed by atoms with E-state index >= 15 is 0 Å². The van der Waals surface area contributed by atoms with Crippen LogP contribution in [0.3, 0.4) is 0 Å². The van der Waals surface area contributed by atoms with Crippen LogP contribution in [0.25, 0.3) is 0 Å². The molecule has 0 amide bonds. The molecule has 25 heavy (non-hydrogen) atoms. The lowest BCUT2D eigenvalue weighted by atomic mass is 10.0. The van der Waals surface area contributed by atoms with Crippen molar-refractivity contribution in [3.8, 4) is 5.75 Å². The van der Waals surface area contributed by atoms with Crippen molar-refractivity contribution in [2.45, 2.75) is 52.4 Å². The summed E-state index contributed by atoms with van der Waals surface area (Å²) < 4.78 is 6.06. The fourth-order valence-corrected chi connectivity index (χ4v) is 4.20. The SMILES string of the molecule is CC(C)CN1CCc2ccc(OCCCN3CCCCC3)cc2CC1. The monoisotopic (exact) mass is 344 g/mol. The van der Waals surface area contributed by atoms with Gasteiger partial charge in [-0.3, -0.25) is 0 Å². The van der Waals surface area contributed by atoms with Gasteiger partial charge in [0.2, 0.25) is 0 Å². The molecule has 0 N–H and O–H groups in total. The molecule has 0 atom stereocenters. The second-order valence-electron chi connectivity index (χ2n) is 8.23. The minimum Gasteiger partial charge on any atom is -0.494 e. The Balaban J connectivity index is 1.44. The Kier molecular flexibility index (Phi) is 7.18. The van der Waals surface area contributed by atoms with E-state index in [-0.39, 0.29) is 0 Å². The van der Waals surface area contributed by atoms with Gasteiger partial charge in [-0.15, -0.1) is 0 Å². The Bertz CT molecular complexity index is 523. The number of rotatable bonds is 7. The highest BCUT2D eigenvalue weighted by molar-refractivity contribution is 5.36. The van der Waals surface area contributed by atoms with E-state index in [1.54, 1.807) is 0 Å². The summed E-state index contributed by atoms with van der Waals surface area (Å²) >= 11 is 0. The minimum atomic E-state index is 0.750. The van der Waals surface area contributed by atoms with Crippen LogP contribution in [0.4, 0.5) is 0 Å². The molecule has 0 radical (unpaired) electrons. The van der Waals surface area contributed by atoms with E-state index in [9.17, 15) is 0 Å². The molecule has 0 bridgehead atoms. The van der Waals surface area contributed by atoms with Crippen molar-refractivity contribution in [2.24, 2.45) is 5.92 Å². The third-order valence-corrected chi connectivity index (χ3v) is 5.53. The predicted octanol–water partition coefficient (Wildman–Crippen LogP) is 4.00. The Morgan fingerprint density at radius 2 is 1.68 bits per heavy atom. The number of piperidine rings is 1. The van der Waals surface area contributed by atoms with Gasteiger partial charge in [0.15, 0.2) is 0 Å². The van der Waals surface area contributed by atoms with E-state index in [4.69, 9.17) is 4.74 Å². The standard InChI is InChI=1S/C22H36N2O/c1-19(2)18-24-14-9-20-7-8-22(17-21(20)10-15-24)25-16-6-13-23-11-4-3-5-12-23/h7-8,17,19H,3-6,9-16,18H2,1-2H3. The first-order valence-electron chi connectivity index (χ1n) is 10.4. The number of ether oxygens (including phenoxy) is 1. The summed E-state index contributed by atoms with van der Waals surface area (Å²) in [5.74, 6) is 1.81. The number of hydrogen-bond donors (Lipinski definition) is 0. The zero-order valence-electron chi connectivity index (χ0n) is 16.3. The Morgan fingerprint density at radius 1 is 0.920 bits per heavy atom. The van der Waals surface area contributed by atoms with Crippen LogP contribution in [0.5, 0.6) is 5.75 Å². The molecular weight excluding hydrogens is 308 g/mol. The summed E-state index contributed by atoms with van der Waals surface area (Å²) in [6.07, 6.45) is 7.64. The lowest BCUT2D eigenvalue weighted by Gasteiger charge is -2.26. The van der Waals surface area contributed by atoms with Crippen LogP contribution in [0.2, 0.25) is 0 Å². The average molecular weight is 345 g/mol. The van der Waals surface area contributed by atoms with Crippen LogP contribution in [0.15, 0.2) is 18.2 Å². The molecule has 140 valence electrons. The van der Waals surface area contributed by atoms with Crippen LogP contribution in [0, 0.1) is 5.92 Å². The van der Waals surface area contributed by atoms with E-state index in [1.807, 2.05) is 0 Å². The van der Waals surface area contributed by atoms with Crippen molar-refractivity contribution in [3.05, 3.63) is 29.3 Å². The van der Waals surface area contributed by atoms with Gasteiger partial charge in [0.1, 0.15) is 5.75 Å². The maximum atomic E-state index is 6.06. The van der Waals surface area contributed by atoms with Crippen molar-refractivity contribution in [1.82, 2.24) is 9.80 Å². The lowest BCUT2D eigenvalue weighted by molar-refractivity contribution is 0.205. The molecular formula is C22H36N2O. The van der Waals surface area contributed by atoms with Gasteiger partial charge in [-0.2, -0.15) is 0 Å². The zero-order chi connectivity index (χ0) is 17.5. The quantitative estimate of drug-likeness (QED) is 0.696. The number of nitrogens with zero attached hydrogens (tertiary/aromatic N) is 2. The molecule has 1 aromatic carbocycles. The molecule has 1 aromatic rings. The van der Waals surface area contributed by atoms with E-state index in [0.29, 0.717) is 0 Å². The summed E-state index contributed by atoms with van der Waals surface area (Å²) in [7, 11) is 0. The summed E-state index contributed by atoms with van der Waals surface area (Å²) in [6, 6.07) is 6.78. The Labute approximate surface area is 154 Å². The van der Waals surface area contributed by atoms with Crippen molar-refractivity contribution in [3.63, 3.8) is 0 Å². The third-order valence-electron chi connectivity index (χ3n) is 5.53. The molecule has 0 unspecified atom stereocenters. The molecule has 3 heteroatoms. The molecule has 2 aliphatic rings. The maximum Gasteiger partial charge on any atom is 0.119 e. The molecule has 0 saturated carbocycles. The molecule has 2 aliphatic heterocycles. The van der Waals surface area contributed by atoms with Gasteiger partial charge < -0.3 is 14.5 Å². The summed E-state index contributed by atoms with van der Waals surface area (Å²) in [5.41, 5.74) is 3.02. The summed E-state index contributed by atoms with van der Waals surface area (Å²) in [6.45, 7) is 12.8. The van der Waals surface area contributed by atoms with Gasteiger partial charge in [-0.25, -0.2) is 0 Å². The number of likely N-dealkylation sites (tertiary alicyclic amines) is 1. The van der Waals surface area contributed by atoms with Crippen LogP contribution >= 0.6 is 0 Å². The molecule has 2 heterocycles. The smallest absolute Gasteiger partial charge is 0.119 e. The highest BCUT2D eigenvalue weighted by atomic mass is 16.5. The van der Waals surface area contributed by atoms with E-state index in [1.165, 1.54) is 76.1 Å². The van der Waals surface area contributed by atoms with Crippen molar-refractivity contribution in [1.29, 1.82) is 0 Å². The normalized spacial score (nSPS) is 19.6. The van der Waals surface area contributed by atoms with Gasteiger partial charge >= 0.3 is 0 Å². The van der Waals surface area contributed by atoms with Crippen molar-refractivity contribution >= 4 is 0 Å². The van der Waals surface area contributed by atoms with Gasteiger partial charge in [-0.1, -0.05) is 26.3 Å². The van der Waals surface area contributed by atoms with Gasteiger partial charge in [0, 0.05) is 26.2 Å². The summed E-state index contributed by atoms with van der Waals surface area (Å²) in [5, 5.41) is 0. The highest BCUT2D eigenvalue weighted by Crippen LogP contribution is 2.22. The van der Waals surface area contributed by atoms with E-state index < -0.39 is 0 Å². The Hall–Kier alpha value is -1.06. The summed E-state index contributed by atoms with van der Waals surface area (Å²) in [4.78, 5) is 5.21. The van der Waals surface area contributed by atoms with Crippen LogP contribution in [0.1, 0.15) is 50.7 Å². The topological polar surface area (TPSA) is 15.7 Å².